The first kappa shape index (κ1) is 27.0. The predicted octanol–water partition coefficient (Wildman–Crippen LogP) is 8.06. The van der Waals surface area contributed by atoms with Gasteiger partial charge in [-0.2, -0.15) is 0 Å². The number of nitrogens with one attached hydrogen (secondary N) is 2. The molecule has 4 N–H and O–H groups in total. The Bertz CT molecular complexity index is 1770. The van der Waals surface area contributed by atoms with E-state index in [4.69, 9.17) is 5.73 Å². The standard InChI is InChI=1S/C38H36N4/c1-27(9-7-23-39)36-13-6-14-37(41-36)31-20-22-35-30(25-31)19-21-34(38(35)42(2)33-11-4-3-5-12-33)29-17-15-28(16-18-29)32-10-8-24-40-26-32/h3-23,25-26,36,40-41H,24,39H2,1-2H3/b23-7-,27-9+. The lowest BCUT2D eigenvalue weighted by atomic mass is 9.93. The molecule has 0 radical (unpaired) electrons. The molecule has 0 amide bonds. The second-order valence-electron chi connectivity index (χ2n) is 10.7. The van der Waals surface area contributed by atoms with Gasteiger partial charge in [0.2, 0.25) is 0 Å². The van der Waals surface area contributed by atoms with Crippen LogP contribution in [-0.2, 0) is 0 Å². The fourth-order valence-corrected chi connectivity index (χ4v) is 5.63. The van der Waals surface area contributed by atoms with Crippen molar-refractivity contribution in [3.8, 4) is 11.1 Å². The molecule has 0 saturated carbocycles. The zero-order chi connectivity index (χ0) is 28.9. The number of nitrogens with two attached hydrogens (primary N) is 1. The number of rotatable bonds is 7. The number of para-hydroxylation sites is 1. The molecule has 4 aromatic rings. The van der Waals surface area contributed by atoms with Crippen LogP contribution in [0.15, 0.2) is 145 Å². The molecule has 0 saturated heterocycles. The van der Waals surface area contributed by atoms with Crippen LogP contribution >= 0.6 is 0 Å². The Morgan fingerprint density at radius 1 is 0.929 bits per heavy atom. The van der Waals surface area contributed by atoms with Crippen molar-refractivity contribution in [2.75, 3.05) is 18.5 Å². The number of allylic oxidation sites excluding steroid dienone is 6. The van der Waals surface area contributed by atoms with Crippen molar-refractivity contribution in [2.24, 2.45) is 5.73 Å². The van der Waals surface area contributed by atoms with Gasteiger partial charge in [-0.05, 0) is 76.7 Å². The minimum atomic E-state index is 0.123. The lowest BCUT2D eigenvalue weighted by Crippen LogP contribution is -2.28. The van der Waals surface area contributed by atoms with Gasteiger partial charge in [0.05, 0.1) is 11.7 Å². The molecule has 0 bridgehead atoms. The van der Waals surface area contributed by atoms with Gasteiger partial charge < -0.3 is 21.3 Å². The first-order chi connectivity index (χ1) is 20.6. The van der Waals surface area contributed by atoms with Gasteiger partial charge in [-0.1, -0.05) is 97.1 Å². The van der Waals surface area contributed by atoms with Crippen LogP contribution in [0.2, 0.25) is 0 Å². The Hall–Kier alpha value is -5.22. The van der Waals surface area contributed by atoms with Crippen LogP contribution in [0.4, 0.5) is 11.4 Å². The summed E-state index contributed by atoms with van der Waals surface area (Å²) in [5.74, 6) is 0. The molecule has 4 aromatic carbocycles. The Kier molecular flexibility index (Phi) is 7.78. The molecular weight excluding hydrogens is 512 g/mol. The van der Waals surface area contributed by atoms with Crippen molar-refractivity contribution in [1.29, 1.82) is 0 Å². The molecule has 2 aliphatic rings. The molecule has 208 valence electrons. The summed E-state index contributed by atoms with van der Waals surface area (Å²) in [6.45, 7) is 2.99. The molecule has 42 heavy (non-hydrogen) atoms. The Morgan fingerprint density at radius 3 is 2.48 bits per heavy atom. The number of nitrogens with zero attached hydrogens (tertiary/aromatic N) is 1. The summed E-state index contributed by atoms with van der Waals surface area (Å²) >= 11 is 0. The highest BCUT2D eigenvalue weighted by molar-refractivity contribution is 6.04. The number of fused-ring (bicyclic) bond motifs is 1. The van der Waals surface area contributed by atoms with E-state index in [2.05, 4.69) is 151 Å². The van der Waals surface area contributed by atoms with Crippen molar-refractivity contribution in [1.82, 2.24) is 10.6 Å². The van der Waals surface area contributed by atoms with E-state index in [0.29, 0.717) is 0 Å². The Balaban J connectivity index is 1.41. The van der Waals surface area contributed by atoms with Crippen molar-refractivity contribution < 1.29 is 0 Å². The summed E-state index contributed by atoms with van der Waals surface area (Å²) in [6, 6.07) is 30.8. The minimum Gasteiger partial charge on any atom is -0.405 e. The van der Waals surface area contributed by atoms with Crippen LogP contribution in [0.5, 0.6) is 0 Å². The van der Waals surface area contributed by atoms with Gasteiger partial charge in [0.1, 0.15) is 0 Å². The van der Waals surface area contributed by atoms with Crippen molar-refractivity contribution in [3.05, 3.63) is 157 Å². The molecule has 1 atom stereocenters. The molecule has 2 heterocycles. The lowest BCUT2D eigenvalue weighted by Gasteiger charge is -2.26. The molecule has 2 aliphatic heterocycles. The third kappa shape index (κ3) is 5.52. The van der Waals surface area contributed by atoms with Gasteiger partial charge >= 0.3 is 0 Å². The van der Waals surface area contributed by atoms with Crippen molar-refractivity contribution in [3.63, 3.8) is 0 Å². The summed E-state index contributed by atoms with van der Waals surface area (Å²) in [6.07, 6.45) is 18.3. The number of dihydropyridines is 2. The smallest absolute Gasteiger partial charge is 0.0661 e. The van der Waals surface area contributed by atoms with Crippen LogP contribution in [0, 0.1) is 0 Å². The van der Waals surface area contributed by atoms with Crippen molar-refractivity contribution in [2.45, 2.75) is 13.0 Å². The van der Waals surface area contributed by atoms with Crippen LogP contribution < -0.4 is 21.3 Å². The van der Waals surface area contributed by atoms with E-state index in [-0.39, 0.29) is 6.04 Å². The quantitative estimate of drug-likeness (QED) is 0.205. The third-order valence-corrected chi connectivity index (χ3v) is 7.94. The van der Waals surface area contributed by atoms with Gasteiger partial charge in [0.15, 0.2) is 0 Å². The van der Waals surface area contributed by atoms with E-state index in [1.807, 2.05) is 12.2 Å². The average Bonchev–Trinajstić information content (AvgIpc) is 3.07. The second kappa shape index (κ2) is 12.1. The highest BCUT2D eigenvalue weighted by Crippen LogP contribution is 2.41. The monoisotopic (exact) mass is 548 g/mol. The van der Waals surface area contributed by atoms with Crippen LogP contribution in [-0.4, -0.2) is 19.6 Å². The van der Waals surface area contributed by atoms with E-state index in [1.54, 1.807) is 6.20 Å². The molecule has 1 unspecified atom stereocenters. The van der Waals surface area contributed by atoms with E-state index in [9.17, 15) is 0 Å². The van der Waals surface area contributed by atoms with Gasteiger partial charge in [-0.3, -0.25) is 0 Å². The topological polar surface area (TPSA) is 53.3 Å². The molecule has 6 rings (SSSR count). The summed E-state index contributed by atoms with van der Waals surface area (Å²) in [4.78, 5) is 2.30. The molecular formula is C38H36N4. The maximum Gasteiger partial charge on any atom is 0.0661 e. The van der Waals surface area contributed by atoms with Gasteiger partial charge in [-0.25, -0.2) is 0 Å². The SMILES string of the molecule is C/C(=C\C=C/N)C1C=CC=C(c2ccc3c(N(C)c4ccccc4)c(-c4ccc(C5=CNCC=C5)cc4)ccc3c2)N1. The summed E-state index contributed by atoms with van der Waals surface area (Å²) < 4.78 is 0. The first-order valence-corrected chi connectivity index (χ1v) is 14.4. The zero-order valence-electron chi connectivity index (χ0n) is 24.1. The average molecular weight is 549 g/mol. The molecule has 0 fully saturated rings. The summed E-state index contributed by atoms with van der Waals surface area (Å²) in [7, 11) is 2.16. The zero-order valence-corrected chi connectivity index (χ0v) is 24.1. The van der Waals surface area contributed by atoms with Crippen LogP contribution in [0.25, 0.3) is 33.2 Å². The van der Waals surface area contributed by atoms with Gasteiger partial charge in [0, 0.05) is 42.1 Å². The van der Waals surface area contributed by atoms with Gasteiger partial charge in [-0.15, -0.1) is 0 Å². The number of anilines is 2. The summed E-state index contributed by atoms with van der Waals surface area (Å²) in [5.41, 5.74) is 16.1. The van der Waals surface area contributed by atoms with Crippen LogP contribution in [0.1, 0.15) is 18.1 Å². The lowest BCUT2D eigenvalue weighted by molar-refractivity contribution is 0.802. The highest BCUT2D eigenvalue weighted by atomic mass is 15.1. The minimum absolute atomic E-state index is 0.123. The molecule has 0 aromatic heterocycles. The molecule has 0 aliphatic carbocycles. The van der Waals surface area contributed by atoms with Crippen molar-refractivity contribution >= 4 is 33.4 Å². The van der Waals surface area contributed by atoms with E-state index in [1.165, 1.54) is 44.3 Å². The first-order valence-electron chi connectivity index (χ1n) is 14.4. The van der Waals surface area contributed by atoms with E-state index >= 15 is 0 Å². The van der Waals surface area contributed by atoms with E-state index in [0.717, 1.165) is 23.5 Å². The normalized spacial score (nSPS) is 16.6. The van der Waals surface area contributed by atoms with Crippen LogP contribution in [0.3, 0.4) is 0 Å². The molecule has 4 nitrogen and oxygen atoms in total. The number of hydrogen-bond donors (Lipinski definition) is 3. The largest absolute Gasteiger partial charge is 0.405 e. The Morgan fingerprint density at radius 2 is 1.71 bits per heavy atom. The molecule has 0 spiro atoms. The van der Waals surface area contributed by atoms with E-state index < -0.39 is 0 Å². The third-order valence-electron chi connectivity index (χ3n) is 7.94. The number of hydrogen-bond acceptors (Lipinski definition) is 4. The highest BCUT2D eigenvalue weighted by Gasteiger charge is 2.18. The maximum atomic E-state index is 5.55. The van der Waals surface area contributed by atoms with Gasteiger partial charge in [0.25, 0.3) is 0 Å². The fourth-order valence-electron chi connectivity index (χ4n) is 5.63. The fraction of sp³-hybridized carbons (Fsp3) is 0.105. The number of benzene rings is 4. The summed E-state index contributed by atoms with van der Waals surface area (Å²) in [5, 5.41) is 9.40. The predicted molar refractivity (Wildman–Crippen MR) is 180 cm³/mol. The Labute approximate surface area is 248 Å². The second-order valence-corrected chi connectivity index (χ2v) is 10.7. The maximum absolute atomic E-state index is 5.55. The molecule has 4 heteroatoms.